The van der Waals surface area contributed by atoms with Crippen LogP contribution in [0.2, 0.25) is 0 Å². The van der Waals surface area contributed by atoms with Gasteiger partial charge in [0.05, 0.1) is 7.11 Å². The lowest BCUT2D eigenvalue weighted by Gasteiger charge is -2.09. The van der Waals surface area contributed by atoms with Crippen molar-refractivity contribution in [3.63, 3.8) is 0 Å². The fourth-order valence-electron chi connectivity index (χ4n) is 2.07. The summed E-state index contributed by atoms with van der Waals surface area (Å²) >= 11 is 1.43. The first-order valence-corrected chi connectivity index (χ1v) is 8.46. The van der Waals surface area contributed by atoms with E-state index in [1.807, 2.05) is 29.6 Å². The van der Waals surface area contributed by atoms with E-state index in [4.69, 9.17) is 9.47 Å². The number of thiazole rings is 1. The lowest BCUT2D eigenvalue weighted by molar-refractivity contribution is 0.251. The predicted molar refractivity (Wildman–Crippen MR) is 97.5 cm³/mol. The van der Waals surface area contributed by atoms with Crippen LogP contribution in [0.15, 0.2) is 60.1 Å². The van der Waals surface area contributed by atoms with Gasteiger partial charge >= 0.3 is 6.03 Å². The van der Waals surface area contributed by atoms with Gasteiger partial charge in [-0.25, -0.2) is 9.78 Å². The molecule has 0 unspecified atom stereocenters. The van der Waals surface area contributed by atoms with Crippen molar-refractivity contribution in [2.45, 2.75) is 6.54 Å². The number of anilines is 1. The van der Waals surface area contributed by atoms with Gasteiger partial charge in [-0.3, -0.25) is 0 Å². The second kappa shape index (κ2) is 8.16. The summed E-state index contributed by atoms with van der Waals surface area (Å²) in [4.78, 5) is 16.0. The van der Waals surface area contributed by atoms with Crippen molar-refractivity contribution < 1.29 is 14.3 Å². The SMILES string of the molecule is COc1ccc(NC(=O)NCc2ccc(Oc3nccs3)cc2)cc1. The molecular weight excluding hydrogens is 338 g/mol. The molecule has 2 amide bonds. The van der Waals surface area contributed by atoms with Crippen LogP contribution in [0.1, 0.15) is 5.56 Å². The maximum Gasteiger partial charge on any atom is 0.319 e. The second-order valence-corrected chi connectivity index (χ2v) is 5.94. The molecule has 1 heterocycles. The minimum atomic E-state index is -0.270. The van der Waals surface area contributed by atoms with Crippen LogP contribution in [-0.2, 0) is 6.54 Å². The van der Waals surface area contributed by atoms with Gasteiger partial charge < -0.3 is 20.1 Å². The lowest BCUT2D eigenvalue weighted by Crippen LogP contribution is -2.28. The number of benzene rings is 2. The van der Waals surface area contributed by atoms with Gasteiger partial charge in [0.1, 0.15) is 11.5 Å². The summed E-state index contributed by atoms with van der Waals surface area (Å²) in [7, 11) is 1.60. The topological polar surface area (TPSA) is 72.5 Å². The Bertz CT molecular complexity index is 803. The van der Waals surface area contributed by atoms with Crippen LogP contribution in [0.5, 0.6) is 16.7 Å². The van der Waals surface area contributed by atoms with Gasteiger partial charge in [0.2, 0.25) is 0 Å². The highest BCUT2D eigenvalue weighted by atomic mass is 32.1. The number of amides is 2. The van der Waals surface area contributed by atoms with Gasteiger partial charge in [-0.05, 0) is 42.0 Å². The molecule has 6 nitrogen and oxygen atoms in total. The number of carbonyl (C=O) groups is 1. The monoisotopic (exact) mass is 355 g/mol. The quantitative estimate of drug-likeness (QED) is 0.693. The maximum absolute atomic E-state index is 11.9. The fraction of sp³-hybridized carbons (Fsp3) is 0.111. The smallest absolute Gasteiger partial charge is 0.319 e. The van der Waals surface area contributed by atoms with Gasteiger partial charge in [0, 0.05) is 23.8 Å². The zero-order valence-corrected chi connectivity index (χ0v) is 14.4. The predicted octanol–water partition coefficient (Wildman–Crippen LogP) is 4.27. The third-order valence-corrected chi connectivity index (χ3v) is 3.99. The molecule has 128 valence electrons. The highest BCUT2D eigenvalue weighted by Gasteiger charge is 2.03. The molecule has 0 aliphatic carbocycles. The van der Waals surface area contributed by atoms with Crippen molar-refractivity contribution in [3.05, 3.63) is 65.7 Å². The zero-order chi connectivity index (χ0) is 17.5. The van der Waals surface area contributed by atoms with Crippen molar-refractivity contribution in [1.82, 2.24) is 10.3 Å². The molecule has 2 aromatic carbocycles. The van der Waals surface area contributed by atoms with E-state index in [2.05, 4.69) is 15.6 Å². The number of urea groups is 1. The normalized spacial score (nSPS) is 10.1. The molecule has 0 radical (unpaired) electrons. The highest BCUT2D eigenvalue weighted by molar-refractivity contribution is 7.11. The largest absolute Gasteiger partial charge is 0.497 e. The van der Waals surface area contributed by atoms with Gasteiger partial charge in [-0.2, -0.15) is 0 Å². The number of methoxy groups -OCH3 is 1. The molecule has 3 rings (SSSR count). The first kappa shape index (κ1) is 16.8. The molecule has 0 bridgehead atoms. The molecule has 0 atom stereocenters. The van der Waals surface area contributed by atoms with E-state index in [1.165, 1.54) is 11.3 Å². The van der Waals surface area contributed by atoms with Crippen LogP contribution in [-0.4, -0.2) is 18.1 Å². The Morgan fingerprint density at radius 1 is 1.08 bits per heavy atom. The molecule has 0 aliphatic rings. The Labute approximate surface area is 149 Å². The maximum atomic E-state index is 11.9. The van der Waals surface area contributed by atoms with E-state index in [0.717, 1.165) is 11.3 Å². The summed E-state index contributed by atoms with van der Waals surface area (Å²) in [6.07, 6.45) is 1.69. The molecule has 0 aliphatic heterocycles. The van der Waals surface area contributed by atoms with Crippen molar-refractivity contribution in [2.24, 2.45) is 0 Å². The van der Waals surface area contributed by atoms with Crippen molar-refractivity contribution in [2.75, 3.05) is 12.4 Å². The molecule has 3 aromatic rings. The number of ether oxygens (including phenoxy) is 2. The van der Waals surface area contributed by atoms with Gasteiger partial charge in [0.15, 0.2) is 0 Å². The van der Waals surface area contributed by atoms with Gasteiger partial charge in [0.25, 0.3) is 5.19 Å². The van der Waals surface area contributed by atoms with Crippen molar-refractivity contribution >= 4 is 23.1 Å². The van der Waals surface area contributed by atoms with Gasteiger partial charge in [-0.1, -0.05) is 23.5 Å². The molecule has 7 heteroatoms. The highest BCUT2D eigenvalue weighted by Crippen LogP contribution is 2.23. The van der Waals surface area contributed by atoms with E-state index in [9.17, 15) is 4.79 Å². The number of nitrogens with one attached hydrogen (secondary N) is 2. The van der Waals surface area contributed by atoms with Crippen LogP contribution >= 0.6 is 11.3 Å². The molecule has 0 saturated carbocycles. The third-order valence-electron chi connectivity index (χ3n) is 3.34. The Morgan fingerprint density at radius 3 is 2.44 bits per heavy atom. The first-order valence-electron chi connectivity index (χ1n) is 7.58. The summed E-state index contributed by atoms with van der Waals surface area (Å²) in [5, 5.41) is 8.03. The van der Waals surface area contributed by atoms with Crippen LogP contribution in [0.3, 0.4) is 0 Å². The number of rotatable bonds is 6. The zero-order valence-electron chi connectivity index (χ0n) is 13.6. The molecule has 0 fully saturated rings. The average Bonchev–Trinajstić information content (AvgIpc) is 3.15. The van der Waals surface area contributed by atoms with E-state index >= 15 is 0 Å². The van der Waals surface area contributed by atoms with E-state index in [0.29, 0.717) is 23.2 Å². The second-order valence-electron chi connectivity index (χ2n) is 5.08. The van der Waals surface area contributed by atoms with E-state index in [1.54, 1.807) is 37.6 Å². The molecule has 25 heavy (non-hydrogen) atoms. The minimum absolute atomic E-state index is 0.270. The summed E-state index contributed by atoms with van der Waals surface area (Å²) in [5.41, 5.74) is 1.67. The number of hydrogen-bond donors (Lipinski definition) is 2. The number of nitrogens with zero attached hydrogens (tertiary/aromatic N) is 1. The molecule has 1 aromatic heterocycles. The molecule has 2 N–H and O–H groups in total. The summed E-state index contributed by atoms with van der Waals surface area (Å²) in [6, 6.07) is 14.4. The van der Waals surface area contributed by atoms with Crippen LogP contribution in [0.4, 0.5) is 10.5 Å². The molecule has 0 saturated heterocycles. The third kappa shape index (κ3) is 4.95. The Balaban J connectivity index is 1.48. The Hall–Kier alpha value is -3.06. The summed E-state index contributed by atoms with van der Waals surface area (Å²) in [5.74, 6) is 1.45. The number of carbonyl (C=O) groups excluding carboxylic acids is 1. The van der Waals surface area contributed by atoms with E-state index in [-0.39, 0.29) is 6.03 Å². The van der Waals surface area contributed by atoms with Crippen molar-refractivity contribution in [3.8, 4) is 16.7 Å². The van der Waals surface area contributed by atoms with Crippen LogP contribution in [0, 0.1) is 0 Å². The van der Waals surface area contributed by atoms with Crippen LogP contribution in [0.25, 0.3) is 0 Å². The van der Waals surface area contributed by atoms with Crippen molar-refractivity contribution in [1.29, 1.82) is 0 Å². The standard InChI is InChI=1S/C18H17N3O3S/c1-23-15-8-4-14(5-9-15)21-17(22)20-12-13-2-6-16(7-3-13)24-18-19-10-11-25-18/h2-11H,12H2,1H3,(H2,20,21,22). The minimum Gasteiger partial charge on any atom is -0.497 e. The summed E-state index contributed by atoms with van der Waals surface area (Å²) in [6.45, 7) is 0.416. The number of aromatic nitrogens is 1. The average molecular weight is 355 g/mol. The van der Waals surface area contributed by atoms with Crippen LogP contribution < -0.4 is 20.1 Å². The Kier molecular flexibility index (Phi) is 5.48. The number of hydrogen-bond acceptors (Lipinski definition) is 5. The first-order chi connectivity index (χ1) is 12.2. The lowest BCUT2D eigenvalue weighted by atomic mass is 10.2. The van der Waals surface area contributed by atoms with E-state index < -0.39 is 0 Å². The molecule has 0 spiro atoms. The van der Waals surface area contributed by atoms with Gasteiger partial charge in [-0.15, -0.1) is 0 Å². The summed E-state index contributed by atoms with van der Waals surface area (Å²) < 4.78 is 10.7. The molecular formula is C18H17N3O3S. The Morgan fingerprint density at radius 2 is 1.80 bits per heavy atom. The fourth-order valence-corrected chi connectivity index (χ4v) is 2.57.